The van der Waals surface area contributed by atoms with Crippen LogP contribution in [0.3, 0.4) is 0 Å². The predicted octanol–water partition coefficient (Wildman–Crippen LogP) is 3.81. The standard InChI is InChI=1S/C13H15N3O2S/c1-8-3-2-4-9(8)15-10-5-6-11-12(14-7-19-11)13(10)16(17)18/h5-9,15H,2-4H2,1H3. The maximum atomic E-state index is 11.3. The van der Waals surface area contributed by atoms with Crippen LogP contribution in [0.15, 0.2) is 17.6 Å². The summed E-state index contributed by atoms with van der Waals surface area (Å²) in [6.45, 7) is 2.19. The minimum Gasteiger partial charge on any atom is -0.376 e. The average Bonchev–Trinajstić information content (AvgIpc) is 2.98. The Morgan fingerprint density at radius 3 is 3.00 bits per heavy atom. The highest BCUT2D eigenvalue weighted by molar-refractivity contribution is 7.16. The maximum Gasteiger partial charge on any atom is 0.319 e. The van der Waals surface area contributed by atoms with Crippen molar-refractivity contribution in [1.29, 1.82) is 0 Å². The van der Waals surface area contributed by atoms with Gasteiger partial charge in [0.05, 0.1) is 15.1 Å². The highest BCUT2D eigenvalue weighted by atomic mass is 32.1. The summed E-state index contributed by atoms with van der Waals surface area (Å²) in [5.74, 6) is 0.561. The fraction of sp³-hybridized carbons (Fsp3) is 0.462. The molecular formula is C13H15N3O2S. The number of nitro benzene ring substituents is 1. The van der Waals surface area contributed by atoms with E-state index in [-0.39, 0.29) is 10.6 Å². The lowest BCUT2D eigenvalue weighted by molar-refractivity contribution is -0.382. The van der Waals surface area contributed by atoms with Gasteiger partial charge in [-0.2, -0.15) is 0 Å². The van der Waals surface area contributed by atoms with Gasteiger partial charge in [-0.05, 0) is 30.9 Å². The number of nitro groups is 1. The van der Waals surface area contributed by atoms with Crippen LogP contribution < -0.4 is 5.32 Å². The molecule has 6 heteroatoms. The van der Waals surface area contributed by atoms with E-state index in [9.17, 15) is 10.1 Å². The summed E-state index contributed by atoms with van der Waals surface area (Å²) >= 11 is 1.43. The first-order valence-corrected chi connectivity index (χ1v) is 7.32. The van der Waals surface area contributed by atoms with Gasteiger partial charge in [-0.15, -0.1) is 11.3 Å². The number of hydrogen-bond acceptors (Lipinski definition) is 5. The second-order valence-electron chi connectivity index (χ2n) is 5.08. The number of thiazole rings is 1. The van der Waals surface area contributed by atoms with Crippen molar-refractivity contribution >= 4 is 32.9 Å². The zero-order chi connectivity index (χ0) is 13.4. The molecule has 1 aromatic carbocycles. The van der Waals surface area contributed by atoms with E-state index in [0.29, 0.717) is 23.2 Å². The van der Waals surface area contributed by atoms with Gasteiger partial charge in [0, 0.05) is 6.04 Å². The van der Waals surface area contributed by atoms with Crippen molar-refractivity contribution < 1.29 is 4.92 Å². The second-order valence-corrected chi connectivity index (χ2v) is 5.96. The summed E-state index contributed by atoms with van der Waals surface area (Å²) in [6.07, 6.45) is 3.45. The van der Waals surface area contributed by atoms with Crippen molar-refractivity contribution in [1.82, 2.24) is 4.98 Å². The van der Waals surface area contributed by atoms with Crippen molar-refractivity contribution in [2.45, 2.75) is 32.2 Å². The largest absolute Gasteiger partial charge is 0.376 e. The van der Waals surface area contributed by atoms with Crippen LogP contribution in [0.5, 0.6) is 0 Å². The first-order chi connectivity index (χ1) is 9.16. The summed E-state index contributed by atoms with van der Waals surface area (Å²) in [5, 5.41) is 14.7. The normalized spacial score (nSPS) is 22.8. The Hall–Kier alpha value is -1.69. The molecule has 0 spiro atoms. The molecule has 0 aliphatic heterocycles. The van der Waals surface area contributed by atoms with Crippen molar-refractivity contribution in [2.24, 2.45) is 5.92 Å². The Balaban J connectivity index is 2.02. The molecule has 1 fully saturated rings. The van der Waals surface area contributed by atoms with Gasteiger partial charge in [0.2, 0.25) is 0 Å². The lowest BCUT2D eigenvalue weighted by Gasteiger charge is -2.18. The number of hydrogen-bond donors (Lipinski definition) is 1. The summed E-state index contributed by atoms with van der Waals surface area (Å²) in [6, 6.07) is 4.04. The molecule has 2 unspecified atom stereocenters. The van der Waals surface area contributed by atoms with Gasteiger partial charge in [-0.25, -0.2) is 4.98 Å². The van der Waals surface area contributed by atoms with Crippen molar-refractivity contribution in [3.63, 3.8) is 0 Å². The summed E-state index contributed by atoms with van der Waals surface area (Å²) in [4.78, 5) is 15.1. The van der Waals surface area contributed by atoms with Crippen LogP contribution in [0.1, 0.15) is 26.2 Å². The fourth-order valence-corrected chi connectivity index (χ4v) is 3.46. The third-order valence-corrected chi connectivity index (χ3v) is 4.65. The van der Waals surface area contributed by atoms with Gasteiger partial charge in [-0.3, -0.25) is 10.1 Å². The zero-order valence-corrected chi connectivity index (χ0v) is 11.4. The molecule has 2 aromatic rings. The number of benzene rings is 1. The number of nitrogens with zero attached hydrogens (tertiary/aromatic N) is 2. The van der Waals surface area contributed by atoms with Crippen LogP contribution in [0.2, 0.25) is 0 Å². The van der Waals surface area contributed by atoms with E-state index in [1.165, 1.54) is 24.2 Å². The molecule has 100 valence electrons. The number of fused-ring (bicyclic) bond motifs is 1. The Morgan fingerprint density at radius 1 is 1.47 bits per heavy atom. The molecule has 5 nitrogen and oxygen atoms in total. The van der Waals surface area contributed by atoms with E-state index in [0.717, 1.165) is 11.1 Å². The molecule has 1 aliphatic carbocycles. The van der Waals surface area contributed by atoms with Gasteiger partial charge < -0.3 is 5.32 Å². The summed E-state index contributed by atoms with van der Waals surface area (Å²) < 4.78 is 0.858. The SMILES string of the molecule is CC1CCCC1Nc1ccc2scnc2c1[N+](=O)[O-]. The quantitative estimate of drug-likeness (QED) is 0.684. The molecule has 19 heavy (non-hydrogen) atoms. The molecule has 0 amide bonds. The molecule has 0 saturated heterocycles. The van der Waals surface area contributed by atoms with Gasteiger partial charge >= 0.3 is 5.69 Å². The Kier molecular flexibility index (Phi) is 3.10. The van der Waals surface area contributed by atoms with E-state index in [2.05, 4.69) is 17.2 Å². The molecule has 0 bridgehead atoms. The first-order valence-electron chi connectivity index (χ1n) is 6.44. The van der Waals surface area contributed by atoms with Crippen LogP contribution >= 0.6 is 11.3 Å². The topological polar surface area (TPSA) is 68.1 Å². The minimum absolute atomic E-state index is 0.109. The highest BCUT2D eigenvalue weighted by Gasteiger charge is 2.27. The number of anilines is 1. The van der Waals surface area contributed by atoms with Crippen molar-refractivity contribution in [2.75, 3.05) is 5.32 Å². The van der Waals surface area contributed by atoms with Gasteiger partial charge in [-0.1, -0.05) is 13.3 Å². The molecule has 3 rings (SSSR count). The third-order valence-electron chi connectivity index (χ3n) is 3.86. The van der Waals surface area contributed by atoms with Crippen LogP contribution in [0, 0.1) is 16.0 Å². The fourth-order valence-electron chi connectivity index (χ4n) is 2.78. The van der Waals surface area contributed by atoms with Crippen LogP contribution in [0.4, 0.5) is 11.4 Å². The molecular weight excluding hydrogens is 262 g/mol. The monoisotopic (exact) mass is 277 g/mol. The van der Waals surface area contributed by atoms with Crippen molar-refractivity contribution in [3.8, 4) is 0 Å². The molecule has 0 radical (unpaired) electrons. The smallest absolute Gasteiger partial charge is 0.319 e. The lowest BCUT2D eigenvalue weighted by Crippen LogP contribution is -2.22. The van der Waals surface area contributed by atoms with E-state index < -0.39 is 0 Å². The second kappa shape index (κ2) is 4.77. The number of nitrogens with one attached hydrogen (secondary N) is 1. The Bertz CT molecular complexity index is 625. The minimum atomic E-state index is -0.329. The molecule has 2 atom stereocenters. The van der Waals surface area contributed by atoms with Gasteiger partial charge in [0.25, 0.3) is 0 Å². The Labute approximate surface area is 114 Å². The first kappa shape index (κ1) is 12.3. The van der Waals surface area contributed by atoms with Crippen LogP contribution in [0.25, 0.3) is 10.2 Å². The van der Waals surface area contributed by atoms with Gasteiger partial charge in [0.15, 0.2) is 5.52 Å². The summed E-state index contributed by atoms with van der Waals surface area (Å²) in [7, 11) is 0. The number of aromatic nitrogens is 1. The number of rotatable bonds is 3. The maximum absolute atomic E-state index is 11.3. The lowest BCUT2D eigenvalue weighted by atomic mass is 10.1. The van der Waals surface area contributed by atoms with E-state index in [1.807, 2.05) is 12.1 Å². The molecule has 1 N–H and O–H groups in total. The zero-order valence-electron chi connectivity index (χ0n) is 10.6. The van der Waals surface area contributed by atoms with E-state index >= 15 is 0 Å². The van der Waals surface area contributed by atoms with Crippen molar-refractivity contribution in [3.05, 3.63) is 27.8 Å². The summed E-state index contributed by atoms with van der Waals surface area (Å²) in [5.41, 5.74) is 2.85. The average molecular weight is 277 g/mol. The molecule has 1 heterocycles. The molecule has 1 aromatic heterocycles. The highest BCUT2D eigenvalue weighted by Crippen LogP contribution is 2.37. The Morgan fingerprint density at radius 2 is 2.32 bits per heavy atom. The molecule has 1 saturated carbocycles. The van der Waals surface area contributed by atoms with Crippen LogP contribution in [-0.2, 0) is 0 Å². The molecule has 1 aliphatic rings. The third kappa shape index (κ3) is 2.16. The van der Waals surface area contributed by atoms with Crippen LogP contribution in [-0.4, -0.2) is 15.9 Å². The predicted molar refractivity (Wildman–Crippen MR) is 76.7 cm³/mol. The van der Waals surface area contributed by atoms with Gasteiger partial charge in [0.1, 0.15) is 5.69 Å². The van der Waals surface area contributed by atoms with E-state index in [4.69, 9.17) is 0 Å². The van der Waals surface area contributed by atoms with E-state index in [1.54, 1.807) is 5.51 Å².